The highest BCUT2D eigenvalue weighted by molar-refractivity contribution is 5.90. The number of methoxy groups -OCH3 is 2. The summed E-state index contributed by atoms with van der Waals surface area (Å²) >= 11 is 0. The van der Waals surface area contributed by atoms with Crippen molar-refractivity contribution in [2.75, 3.05) is 21.0 Å². The number of halogens is 1. The van der Waals surface area contributed by atoms with Crippen LogP contribution in [0.3, 0.4) is 0 Å². The Kier molecular flexibility index (Phi) is 4.79. The quantitative estimate of drug-likeness (QED) is 0.739. The molecule has 0 aliphatic heterocycles. The molecule has 0 radical (unpaired) electrons. The third-order valence-corrected chi connectivity index (χ3v) is 3.23. The van der Waals surface area contributed by atoms with E-state index < -0.39 is 6.17 Å². The summed E-state index contributed by atoms with van der Waals surface area (Å²) in [4.78, 5) is 0. The first kappa shape index (κ1) is 14.6. The van der Waals surface area contributed by atoms with Crippen molar-refractivity contribution < 1.29 is 18.6 Å². The van der Waals surface area contributed by atoms with E-state index in [9.17, 15) is 4.39 Å². The van der Waals surface area contributed by atoms with Gasteiger partial charge in [0, 0.05) is 18.1 Å². The molecule has 0 aromatic heterocycles. The van der Waals surface area contributed by atoms with Crippen LogP contribution in [0.5, 0.6) is 11.5 Å². The molecule has 0 amide bonds. The Morgan fingerprint density at radius 1 is 1.15 bits per heavy atom. The molecule has 0 bridgehead atoms. The number of alkyl halides is 1. The van der Waals surface area contributed by atoms with Crippen LogP contribution in [-0.2, 0) is 4.74 Å². The van der Waals surface area contributed by atoms with Gasteiger partial charge in [0.25, 0.3) is 0 Å². The summed E-state index contributed by atoms with van der Waals surface area (Å²) in [6, 6.07) is 9.27. The van der Waals surface area contributed by atoms with Gasteiger partial charge in [0.05, 0.1) is 7.11 Å². The van der Waals surface area contributed by atoms with Crippen LogP contribution in [0.4, 0.5) is 4.39 Å². The maximum absolute atomic E-state index is 14.1. The van der Waals surface area contributed by atoms with E-state index >= 15 is 0 Å². The summed E-state index contributed by atoms with van der Waals surface area (Å²) in [5, 5.41) is 1.80. The first-order chi connectivity index (χ1) is 9.71. The Bertz CT molecular complexity index is 583. The molecule has 1 unspecified atom stereocenters. The molecule has 3 nitrogen and oxygen atoms in total. The van der Waals surface area contributed by atoms with Crippen molar-refractivity contribution in [2.24, 2.45) is 0 Å². The van der Waals surface area contributed by atoms with Gasteiger partial charge in [-0.1, -0.05) is 19.1 Å². The lowest BCUT2D eigenvalue weighted by atomic mass is 10.0. The van der Waals surface area contributed by atoms with Gasteiger partial charge in [-0.2, -0.15) is 0 Å². The summed E-state index contributed by atoms with van der Waals surface area (Å²) in [5.41, 5.74) is 0.558. The monoisotopic (exact) mass is 278 g/mol. The molecule has 1 atom stereocenters. The van der Waals surface area contributed by atoms with E-state index in [0.29, 0.717) is 17.7 Å². The Labute approximate surface area is 118 Å². The van der Waals surface area contributed by atoms with E-state index in [1.807, 2.05) is 31.2 Å². The molecule has 0 N–H and O–H groups in total. The molecule has 20 heavy (non-hydrogen) atoms. The molecule has 2 rings (SSSR count). The molecule has 0 heterocycles. The third kappa shape index (κ3) is 2.85. The summed E-state index contributed by atoms with van der Waals surface area (Å²) in [6.07, 6.45) is -0.640. The predicted molar refractivity (Wildman–Crippen MR) is 77.1 cm³/mol. The normalized spacial score (nSPS) is 12.4. The molecule has 4 heteroatoms. The second-order valence-electron chi connectivity index (χ2n) is 4.50. The van der Waals surface area contributed by atoms with Gasteiger partial charge in [-0.05, 0) is 30.0 Å². The maximum atomic E-state index is 14.1. The van der Waals surface area contributed by atoms with Gasteiger partial charge in [0.15, 0.2) is 6.79 Å². The Morgan fingerprint density at radius 2 is 1.95 bits per heavy atom. The van der Waals surface area contributed by atoms with Gasteiger partial charge in [-0.3, -0.25) is 0 Å². The molecule has 2 aromatic rings. The average Bonchev–Trinajstić information content (AvgIpc) is 2.50. The molecule has 108 valence electrons. The van der Waals surface area contributed by atoms with Crippen LogP contribution in [0.1, 0.15) is 25.1 Å². The highest BCUT2D eigenvalue weighted by Gasteiger charge is 2.17. The second kappa shape index (κ2) is 6.57. The summed E-state index contributed by atoms with van der Waals surface area (Å²) in [5.74, 6) is 1.30. The molecular formula is C16H19FO3. The first-order valence-electron chi connectivity index (χ1n) is 6.57. The number of hydrogen-bond donors (Lipinski definition) is 0. The SMILES string of the molecule is CCC(F)c1ccc2cc(OC)ccc2c1OCOC. The molecule has 2 aromatic carbocycles. The average molecular weight is 278 g/mol. The van der Waals surface area contributed by atoms with E-state index in [2.05, 4.69) is 0 Å². The molecule has 0 saturated heterocycles. The topological polar surface area (TPSA) is 27.7 Å². The van der Waals surface area contributed by atoms with Crippen LogP contribution in [0.15, 0.2) is 30.3 Å². The molecule has 0 aliphatic carbocycles. The lowest BCUT2D eigenvalue weighted by Crippen LogP contribution is -2.04. The summed E-state index contributed by atoms with van der Waals surface area (Å²) in [6.45, 7) is 1.90. The van der Waals surface area contributed by atoms with Gasteiger partial charge < -0.3 is 14.2 Å². The van der Waals surface area contributed by atoms with Crippen molar-refractivity contribution in [3.8, 4) is 11.5 Å². The van der Waals surface area contributed by atoms with Crippen molar-refractivity contribution in [1.29, 1.82) is 0 Å². The predicted octanol–water partition coefficient (Wildman–Crippen LogP) is 4.25. The van der Waals surface area contributed by atoms with E-state index in [-0.39, 0.29) is 6.79 Å². The van der Waals surface area contributed by atoms with Crippen molar-refractivity contribution in [1.82, 2.24) is 0 Å². The number of benzene rings is 2. The fourth-order valence-corrected chi connectivity index (χ4v) is 2.17. The zero-order valence-electron chi connectivity index (χ0n) is 12.0. The zero-order chi connectivity index (χ0) is 14.5. The lowest BCUT2D eigenvalue weighted by molar-refractivity contribution is 0.0505. The van der Waals surface area contributed by atoms with Gasteiger partial charge in [-0.15, -0.1) is 0 Å². The maximum Gasteiger partial charge on any atom is 0.188 e. The van der Waals surface area contributed by atoms with Crippen LogP contribution < -0.4 is 9.47 Å². The number of rotatable bonds is 6. The van der Waals surface area contributed by atoms with E-state index in [4.69, 9.17) is 14.2 Å². The van der Waals surface area contributed by atoms with Crippen molar-refractivity contribution in [3.63, 3.8) is 0 Å². The number of fused-ring (bicyclic) bond motifs is 1. The largest absolute Gasteiger partial charge is 0.497 e. The van der Waals surface area contributed by atoms with Crippen molar-refractivity contribution in [3.05, 3.63) is 35.9 Å². The van der Waals surface area contributed by atoms with Crippen LogP contribution in [0.2, 0.25) is 0 Å². The number of ether oxygens (including phenoxy) is 3. The van der Waals surface area contributed by atoms with Crippen LogP contribution >= 0.6 is 0 Å². The third-order valence-electron chi connectivity index (χ3n) is 3.23. The lowest BCUT2D eigenvalue weighted by Gasteiger charge is -2.16. The van der Waals surface area contributed by atoms with E-state index in [1.165, 1.54) is 0 Å². The fraction of sp³-hybridized carbons (Fsp3) is 0.375. The van der Waals surface area contributed by atoms with Gasteiger partial charge in [0.1, 0.15) is 17.7 Å². The van der Waals surface area contributed by atoms with E-state index in [1.54, 1.807) is 20.3 Å². The van der Waals surface area contributed by atoms with Crippen molar-refractivity contribution in [2.45, 2.75) is 19.5 Å². The fourth-order valence-electron chi connectivity index (χ4n) is 2.17. The van der Waals surface area contributed by atoms with Crippen LogP contribution in [0, 0.1) is 0 Å². The standard InChI is InChI=1S/C16H19FO3/c1-4-15(17)14-7-5-11-9-12(19-3)6-8-13(11)16(14)20-10-18-2/h5-9,15H,4,10H2,1-3H3. The zero-order valence-corrected chi connectivity index (χ0v) is 12.0. The highest BCUT2D eigenvalue weighted by atomic mass is 19.1. The van der Waals surface area contributed by atoms with Crippen LogP contribution in [-0.4, -0.2) is 21.0 Å². The number of hydrogen-bond acceptors (Lipinski definition) is 3. The summed E-state index contributed by atoms with van der Waals surface area (Å²) in [7, 11) is 3.16. The molecule has 0 fully saturated rings. The van der Waals surface area contributed by atoms with Crippen molar-refractivity contribution >= 4 is 10.8 Å². The summed E-state index contributed by atoms with van der Waals surface area (Å²) < 4.78 is 29.8. The minimum absolute atomic E-state index is 0.0918. The van der Waals surface area contributed by atoms with Gasteiger partial charge in [-0.25, -0.2) is 4.39 Å². The second-order valence-corrected chi connectivity index (χ2v) is 4.50. The minimum Gasteiger partial charge on any atom is -0.497 e. The smallest absolute Gasteiger partial charge is 0.188 e. The minimum atomic E-state index is -1.05. The molecule has 0 aliphatic rings. The molecule has 0 saturated carbocycles. The Morgan fingerprint density at radius 3 is 2.60 bits per heavy atom. The Balaban J connectivity index is 2.57. The van der Waals surface area contributed by atoms with Gasteiger partial charge in [0.2, 0.25) is 0 Å². The Hall–Kier alpha value is -1.81. The first-order valence-corrected chi connectivity index (χ1v) is 6.57. The van der Waals surface area contributed by atoms with E-state index in [0.717, 1.165) is 16.5 Å². The molecular weight excluding hydrogens is 259 g/mol. The van der Waals surface area contributed by atoms with Crippen LogP contribution in [0.25, 0.3) is 10.8 Å². The molecule has 0 spiro atoms. The highest BCUT2D eigenvalue weighted by Crippen LogP contribution is 2.37. The van der Waals surface area contributed by atoms with Gasteiger partial charge >= 0.3 is 0 Å².